The van der Waals surface area contributed by atoms with Crippen LogP contribution < -0.4 is 15.8 Å². The van der Waals surface area contributed by atoms with Crippen LogP contribution in [0.5, 0.6) is 0 Å². The fraction of sp³-hybridized carbons (Fsp3) is 0.381. The zero-order valence-corrected chi connectivity index (χ0v) is 16.3. The molecule has 0 radical (unpaired) electrons. The Morgan fingerprint density at radius 3 is 2.64 bits per heavy atom. The van der Waals surface area contributed by atoms with Gasteiger partial charge in [-0.2, -0.15) is 0 Å². The second kappa shape index (κ2) is 8.29. The average molecular weight is 384 g/mol. The molecule has 1 aliphatic carbocycles. The number of ether oxygens (including phenoxy) is 1. The smallest absolute Gasteiger partial charge is 0.340 e. The van der Waals surface area contributed by atoms with Crippen molar-refractivity contribution < 1.29 is 13.9 Å². The highest BCUT2D eigenvalue weighted by Crippen LogP contribution is 2.20. The van der Waals surface area contributed by atoms with Gasteiger partial charge >= 0.3 is 5.97 Å². The number of hydrogen-bond donors (Lipinski definition) is 1. The molecular weight excluding hydrogens is 360 g/mol. The van der Waals surface area contributed by atoms with Gasteiger partial charge in [-0.05, 0) is 18.6 Å². The highest BCUT2D eigenvalue weighted by Gasteiger charge is 2.17. The molecule has 1 aliphatic heterocycles. The number of benzene rings is 1. The molecule has 1 heterocycles. The molecule has 3 rings (SSSR count). The van der Waals surface area contributed by atoms with Crippen molar-refractivity contribution in [2.24, 2.45) is 0 Å². The molecule has 0 bridgehead atoms. The van der Waals surface area contributed by atoms with Crippen LogP contribution in [0.4, 0.5) is 5.69 Å². The molecule has 0 atom stereocenters. The molecule has 1 aromatic carbocycles. The number of unbranched alkanes of at least 4 members (excludes halogenated alkanes) is 3. The van der Waals surface area contributed by atoms with Crippen molar-refractivity contribution in [3.63, 3.8) is 0 Å². The first-order valence-corrected chi connectivity index (χ1v) is 9.40. The van der Waals surface area contributed by atoms with Gasteiger partial charge in [0.15, 0.2) is 5.58 Å². The summed E-state index contributed by atoms with van der Waals surface area (Å²) in [5.74, 6) is -0.644. The molecule has 148 valence electrons. The van der Waals surface area contributed by atoms with E-state index in [-0.39, 0.29) is 22.9 Å². The molecule has 7 heteroatoms. The van der Waals surface area contributed by atoms with Gasteiger partial charge in [0.25, 0.3) is 5.43 Å². The van der Waals surface area contributed by atoms with Gasteiger partial charge in [-0.3, -0.25) is 9.59 Å². The SMILES string of the molecule is CCCCCCOC(=O)c1cc(=O)c(=O)c2oc3cc(N(C)C)ccc3[nH]c1=2. The number of anilines is 1. The maximum atomic E-state index is 12.5. The number of carbonyl (C=O) groups is 1. The number of nitrogens with one attached hydrogen (secondary N) is 1. The molecule has 28 heavy (non-hydrogen) atoms. The second-order valence-electron chi connectivity index (χ2n) is 6.95. The number of H-pyrrole nitrogens is 1. The number of aromatic amines is 1. The Morgan fingerprint density at radius 1 is 1.14 bits per heavy atom. The Hall–Kier alpha value is -3.09. The van der Waals surface area contributed by atoms with Crippen molar-refractivity contribution in [1.82, 2.24) is 4.98 Å². The van der Waals surface area contributed by atoms with E-state index in [1.165, 1.54) is 0 Å². The van der Waals surface area contributed by atoms with E-state index in [1.807, 2.05) is 25.1 Å². The van der Waals surface area contributed by atoms with E-state index in [0.29, 0.717) is 11.1 Å². The molecule has 1 aromatic rings. The van der Waals surface area contributed by atoms with E-state index in [9.17, 15) is 14.4 Å². The van der Waals surface area contributed by atoms with Gasteiger partial charge in [0.2, 0.25) is 10.8 Å². The highest BCUT2D eigenvalue weighted by atomic mass is 16.5. The second-order valence-corrected chi connectivity index (χ2v) is 6.95. The minimum atomic E-state index is -0.800. The Labute approximate surface area is 161 Å². The maximum absolute atomic E-state index is 12.5. The third kappa shape index (κ3) is 3.93. The van der Waals surface area contributed by atoms with Crippen LogP contribution in [-0.4, -0.2) is 31.7 Å². The topological polar surface area (TPSA) is 92.6 Å². The van der Waals surface area contributed by atoms with Gasteiger partial charge in [0.05, 0.1) is 17.7 Å². The Balaban J connectivity index is 2.08. The third-order valence-electron chi connectivity index (χ3n) is 4.61. The van der Waals surface area contributed by atoms with Crippen LogP contribution in [0.15, 0.2) is 38.3 Å². The molecule has 0 amide bonds. The standard InChI is InChI=1S/C21H24N2O5/c1-4-5-6-7-10-27-21(26)14-12-16(24)19(25)20-18(14)22-15-9-8-13(23(2)3)11-17(15)28-20/h8-9,11-12,22H,4-7,10H2,1-3H3. The lowest BCUT2D eigenvalue weighted by Gasteiger charge is -2.12. The molecule has 7 nitrogen and oxygen atoms in total. The number of rotatable bonds is 7. The van der Waals surface area contributed by atoms with Crippen LogP contribution in [0.3, 0.4) is 0 Å². The molecule has 0 spiro atoms. The number of fused-ring (bicyclic) bond motifs is 1. The molecule has 1 N–H and O–H groups in total. The predicted molar refractivity (Wildman–Crippen MR) is 107 cm³/mol. The largest absolute Gasteiger partial charge is 0.462 e. The van der Waals surface area contributed by atoms with E-state index in [1.54, 1.807) is 12.1 Å². The van der Waals surface area contributed by atoms with Crippen LogP contribution in [0, 0.1) is 10.8 Å². The summed E-state index contributed by atoms with van der Waals surface area (Å²) in [4.78, 5) is 41.8. The summed E-state index contributed by atoms with van der Waals surface area (Å²) in [6.45, 7) is 2.37. The fourth-order valence-corrected chi connectivity index (χ4v) is 2.99. The van der Waals surface area contributed by atoms with E-state index in [0.717, 1.165) is 37.4 Å². The van der Waals surface area contributed by atoms with Crippen molar-refractivity contribution in [2.75, 3.05) is 25.6 Å². The van der Waals surface area contributed by atoms with Crippen LogP contribution >= 0.6 is 0 Å². The molecule has 0 unspecified atom stereocenters. The van der Waals surface area contributed by atoms with Gasteiger partial charge in [-0.1, -0.05) is 26.2 Å². The maximum Gasteiger partial charge on any atom is 0.340 e. The lowest BCUT2D eigenvalue weighted by atomic mass is 10.2. The van der Waals surface area contributed by atoms with Gasteiger partial charge in [0, 0.05) is 31.9 Å². The predicted octanol–water partition coefficient (Wildman–Crippen LogP) is 3.01. The van der Waals surface area contributed by atoms with Crippen LogP contribution in [-0.2, 0) is 4.74 Å². The number of nitrogens with zero attached hydrogens (tertiary/aromatic N) is 1. The lowest BCUT2D eigenvalue weighted by molar-refractivity contribution is 0.0495. The lowest BCUT2D eigenvalue weighted by Crippen LogP contribution is -2.27. The van der Waals surface area contributed by atoms with Gasteiger partial charge in [-0.15, -0.1) is 0 Å². The highest BCUT2D eigenvalue weighted by molar-refractivity contribution is 5.89. The summed E-state index contributed by atoms with van der Waals surface area (Å²) in [6, 6.07) is 6.45. The van der Waals surface area contributed by atoms with Crippen LogP contribution in [0.1, 0.15) is 43.0 Å². The zero-order chi connectivity index (χ0) is 20.3. The summed E-state index contributed by atoms with van der Waals surface area (Å²) in [5.41, 5.74) is 0.148. The third-order valence-corrected chi connectivity index (χ3v) is 4.61. The fourth-order valence-electron chi connectivity index (χ4n) is 2.99. The molecular formula is C21H24N2O5. The molecule has 0 saturated heterocycles. The minimum Gasteiger partial charge on any atom is -0.462 e. The number of carbonyl (C=O) groups excluding carboxylic acids is 1. The zero-order valence-electron chi connectivity index (χ0n) is 16.3. The quantitative estimate of drug-likeness (QED) is 0.382. The van der Waals surface area contributed by atoms with Gasteiger partial charge in [-0.25, -0.2) is 4.79 Å². The van der Waals surface area contributed by atoms with Crippen LogP contribution in [0.2, 0.25) is 0 Å². The normalized spacial score (nSPS) is 11.1. The monoisotopic (exact) mass is 384 g/mol. The van der Waals surface area contributed by atoms with Crippen molar-refractivity contribution in [2.45, 2.75) is 32.6 Å². The summed E-state index contributed by atoms with van der Waals surface area (Å²) < 4.78 is 11.0. The minimum absolute atomic E-state index is 0.0115. The number of esters is 1. The van der Waals surface area contributed by atoms with E-state index in [4.69, 9.17) is 9.15 Å². The van der Waals surface area contributed by atoms with Crippen molar-refractivity contribution in [3.8, 4) is 0 Å². The molecule has 2 aliphatic rings. The van der Waals surface area contributed by atoms with E-state index < -0.39 is 16.8 Å². The molecule has 0 fully saturated rings. The molecule has 0 aromatic heterocycles. The van der Waals surface area contributed by atoms with Crippen LogP contribution in [0.25, 0.3) is 11.1 Å². The summed E-state index contributed by atoms with van der Waals surface area (Å²) in [6.07, 6.45) is 3.88. The summed E-state index contributed by atoms with van der Waals surface area (Å²) >= 11 is 0. The Morgan fingerprint density at radius 2 is 1.93 bits per heavy atom. The van der Waals surface area contributed by atoms with Gasteiger partial charge in [0.1, 0.15) is 5.35 Å². The van der Waals surface area contributed by atoms with Gasteiger partial charge < -0.3 is 19.0 Å². The van der Waals surface area contributed by atoms with Crippen molar-refractivity contribution in [3.05, 3.63) is 61.0 Å². The Bertz CT molecular complexity index is 1180. The first kappa shape index (κ1) is 19.7. The van der Waals surface area contributed by atoms with E-state index in [2.05, 4.69) is 11.9 Å². The van der Waals surface area contributed by atoms with Crippen molar-refractivity contribution >= 4 is 22.8 Å². The first-order valence-electron chi connectivity index (χ1n) is 9.40. The molecule has 0 saturated carbocycles. The van der Waals surface area contributed by atoms with E-state index >= 15 is 0 Å². The number of hydrogen-bond acceptors (Lipinski definition) is 6. The summed E-state index contributed by atoms with van der Waals surface area (Å²) in [7, 11) is 3.77. The average Bonchev–Trinajstić information content (AvgIpc) is 2.68. The number of aromatic nitrogens is 1. The van der Waals surface area contributed by atoms with Crippen molar-refractivity contribution in [1.29, 1.82) is 0 Å². The summed E-state index contributed by atoms with van der Waals surface area (Å²) in [5, 5.41) is 0.174. The first-order chi connectivity index (χ1) is 13.4. The Kier molecular flexibility index (Phi) is 5.82.